The summed E-state index contributed by atoms with van der Waals surface area (Å²) in [6.07, 6.45) is 4.50. The van der Waals surface area contributed by atoms with E-state index in [1.54, 1.807) is 48.7 Å². The second-order valence-electron chi connectivity index (χ2n) is 4.66. The molecule has 0 aliphatic rings. The van der Waals surface area contributed by atoms with Crippen LogP contribution >= 0.6 is 0 Å². The zero-order valence-corrected chi connectivity index (χ0v) is 12.4. The summed E-state index contributed by atoms with van der Waals surface area (Å²) < 4.78 is 0. The van der Waals surface area contributed by atoms with Crippen molar-refractivity contribution in [2.75, 3.05) is 5.32 Å². The SMILES string of the molecule is CC(=O)Nc1ccc(/C=C/C(=O)NNC(=O)c2ccc[nH]2)cc1. The van der Waals surface area contributed by atoms with Gasteiger partial charge < -0.3 is 10.3 Å². The predicted octanol–water partition coefficient (Wildman–Crippen LogP) is 1.45. The molecule has 0 aliphatic heterocycles. The number of aromatic nitrogens is 1. The lowest BCUT2D eigenvalue weighted by molar-refractivity contribution is -0.117. The number of benzene rings is 1. The molecule has 2 aromatic rings. The molecular formula is C16H16N4O3. The minimum Gasteiger partial charge on any atom is -0.357 e. The highest BCUT2D eigenvalue weighted by Crippen LogP contribution is 2.10. The average Bonchev–Trinajstić information content (AvgIpc) is 3.06. The summed E-state index contributed by atoms with van der Waals surface area (Å²) >= 11 is 0. The van der Waals surface area contributed by atoms with E-state index < -0.39 is 11.8 Å². The van der Waals surface area contributed by atoms with Gasteiger partial charge in [0.2, 0.25) is 5.91 Å². The number of hydrazine groups is 1. The number of amides is 3. The molecule has 0 spiro atoms. The molecule has 4 N–H and O–H groups in total. The number of hydrogen-bond donors (Lipinski definition) is 4. The Labute approximate surface area is 132 Å². The fourth-order valence-electron chi connectivity index (χ4n) is 1.75. The van der Waals surface area contributed by atoms with E-state index in [4.69, 9.17) is 0 Å². The van der Waals surface area contributed by atoms with Gasteiger partial charge in [-0.1, -0.05) is 12.1 Å². The summed E-state index contributed by atoms with van der Waals surface area (Å²) in [7, 11) is 0. The van der Waals surface area contributed by atoms with Crippen molar-refractivity contribution in [3.63, 3.8) is 0 Å². The summed E-state index contributed by atoms with van der Waals surface area (Å²) in [4.78, 5) is 36.9. The molecule has 7 nitrogen and oxygen atoms in total. The molecule has 0 fully saturated rings. The summed E-state index contributed by atoms with van der Waals surface area (Å²) in [6.45, 7) is 1.43. The second kappa shape index (κ2) is 7.60. The first-order valence-corrected chi connectivity index (χ1v) is 6.84. The molecule has 2 rings (SSSR count). The van der Waals surface area contributed by atoms with Crippen LogP contribution in [0.25, 0.3) is 6.08 Å². The van der Waals surface area contributed by atoms with Gasteiger partial charge in [0.15, 0.2) is 0 Å². The quantitative estimate of drug-likeness (QED) is 0.507. The lowest BCUT2D eigenvalue weighted by Crippen LogP contribution is -2.40. The molecule has 1 aromatic carbocycles. The van der Waals surface area contributed by atoms with Crippen LogP contribution in [0.5, 0.6) is 0 Å². The van der Waals surface area contributed by atoms with E-state index >= 15 is 0 Å². The van der Waals surface area contributed by atoms with Crippen molar-refractivity contribution in [1.82, 2.24) is 15.8 Å². The largest absolute Gasteiger partial charge is 0.357 e. The van der Waals surface area contributed by atoms with Gasteiger partial charge >= 0.3 is 0 Å². The predicted molar refractivity (Wildman–Crippen MR) is 86.2 cm³/mol. The first-order chi connectivity index (χ1) is 11.0. The second-order valence-corrected chi connectivity index (χ2v) is 4.66. The van der Waals surface area contributed by atoms with Gasteiger partial charge in [-0.25, -0.2) is 0 Å². The van der Waals surface area contributed by atoms with Crippen molar-refractivity contribution in [2.24, 2.45) is 0 Å². The topological polar surface area (TPSA) is 103 Å². The van der Waals surface area contributed by atoms with E-state index in [1.165, 1.54) is 13.0 Å². The number of hydrogen-bond acceptors (Lipinski definition) is 3. The Morgan fingerprint density at radius 3 is 2.39 bits per heavy atom. The van der Waals surface area contributed by atoms with Crippen molar-refractivity contribution in [3.05, 3.63) is 59.9 Å². The minimum absolute atomic E-state index is 0.148. The van der Waals surface area contributed by atoms with E-state index in [0.29, 0.717) is 11.4 Å². The van der Waals surface area contributed by atoms with Crippen molar-refractivity contribution in [1.29, 1.82) is 0 Å². The van der Waals surface area contributed by atoms with Gasteiger partial charge in [0.05, 0.1) is 0 Å². The molecule has 3 amide bonds. The van der Waals surface area contributed by atoms with Crippen molar-refractivity contribution in [3.8, 4) is 0 Å². The average molecular weight is 312 g/mol. The van der Waals surface area contributed by atoms with Crippen LogP contribution in [-0.4, -0.2) is 22.7 Å². The molecule has 7 heteroatoms. The highest BCUT2D eigenvalue weighted by atomic mass is 16.2. The Morgan fingerprint density at radius 1 is 1.04 bits per heavy atom. The molecule has 1 heterocycles. The van der Waals surface area contributed by atoms with Gasteiger partial charge in [-0.2, -0.15) is 0 Å². The van der Waals surface area contributed by atoms with Gasteiger partial charge in [0.25, 0.3) is 11.8 Å². The van der Waals surface area contributed by atoms with Crippen LogP contribution in [0, 0.1) is 0 Å². The van der Waals surface area contributed by atoms with Crippen molar-refractivity contribution < 1.29 is 14.4 Å². The Balaban J connectivity index is 1.83. The van der Waals surface area contributed by atoms with Gasteiger partial charge in [0.1, 0.15) is 5.69 Å². The van der Waals surface area contributed by atoms with Crippen LogP contribution in [0.15, 0.2) is 48.7 Å². The third-order valence-corrected chi connectivity index (χ3v) is 2.80. The van der Waals surface area contributed by atoms with E-state index in [2.05, 4.69) is 21.2 Å². The third-order valence-electron chi connectivity index (χ3n) is 2.80. The molecule has 118 valence electrons. The maximum absolute atomic E-state index is 11.6. The first kappa shape index (κ1) is 16.0. The van der Waals surface area contributed by atoms with Crippen LogP contribution < -0.4 is 16.2 Å². The Bertz CT molecular complexity index is 718. The first-order valence-electron chi connectivity index (χ1n) is 6.84. The van der Waals surface area contributed by atoms with Gasteiger partial charge in [-0.05, 0) is 35.9 Å². The number of rotatable bonds is 4. The van der Waals surface area contributed by atoms with Crippen LogP contribution in [0.4, 0.5) is 5.69 Å². The molecule has 0 unspecified atom stereocenters. The molecule has 0 aliphatic carbocycles. The van der Waals surface area contributed by atoms with Gasteiger partial charge in [-0.15, -0.1) is 0 Å². The van der Waals surface area contributed by atoms with Crippen LogP contribution in [0.2, 0.25) is 0 Å². The summed E-state index contributed by atoms with van der Waals surface area (Å²) in [5, 5.41) is 2.65. The van der Waals surface area contributed by atoms with Crippen LogP contribution in [0.1, 0.15) is 23.0 Å². The highest BCUT2D eigenvalue weighted by Gasteiger charge is 2.05. The molecule has 1 aromatic heterocycles. The standard InChI is InChI=1S/C16H16N4O3/c1-11(21)18-13-7-4-12(5-8-13)6-9-15(22)19-20-16(23)14-3-2-10-17-14/h2-10,17H,1H3,(H,18,21)(H,19,22)(H,20,23)/b9-6+. The van der Waals surface area contributed by atoms with E-state index in [1.807, 2.05) is 0 Å². The van der Waals surface area contributed by atoms with Crippen molar-refractivity contribution >= 4 is 29.5 Å². The van der Waals surface area contributed by atoms with Crippen LogP contribution in [0.3, 0.4) is 0 Å². The highest BCUT2D eigenvalue weighted by molar-refractivity contribution is 5.97. The fourth-order valence-corrected chi connectivity index (χ4v) is 1.75. The van der Waals surface area contributed by atoms with Crippen LogP contribution in [-0.2, 0) is 9.59 Å². The molecule has 0 atom stereocenters. The summed E-state index contributed by atoms with van der Waals surface area (Å²) in [6, 6.07) is 10.2. The summed E-state index contributed by atoms with van der Waals surface area (Å²) in [5.74, 6) is -1.04. The van der Waals surface area contributed by atoms with Gasteiger partial charge in [0, 0.05) is 24.9 Å². The molecule has 0 saturated carbocycles. The molecular weight excluding hydrogens is 296 g/mol. The minimum atomic E-state index is -0.462. The fraction of sp³-hybridized carbons (Fsp3) is 0.0625. The number of aromatic amines is 1. The van der Waals surface area contributed by atoms with Crippen molar-refractivity contribution in [2.45, 2.75) is 6.92 Å². The third kappa shape index (κ3) is 5.16. The number of anilines is 1. The molecule has 0 radical (unpaired) electrons. The van der Waals surface area contributed by atoms with E-state index in [0.717, 1.165) is 5.56 Å². The number of carbonyl (C=O) groups excluding carboxylic acids is 3. The lowest BCUT2D eigenvalue weighted by Gasteiger charge is -2.04. The Morgan fingerprint density at radius 2 is 1.78 bits per heavy atom. The molecule has 0 saturated heterocycles. The Hall–Kier alpha value is -3.35. The zero-order valence-electron chi connectivity index (χ0n) is 12.4. The maximum Gasteiger partial charge on any atom is 0.286 e. The van der Waals surface area contributed by atoms with Gasteiger partial charge in [-0.3, -0.25) is 25.2 Å². The molecule has 23 heavy (non-hydrogen) atoms. The zero-order chi connectivity index (χ0) is 16.7. The summed E-state index contributed by atoms with van der Waals surface area (Å²) in [5.41, 5.74) is 6.37. The normalized spacial score (nSPS) is 10.3. The lowest BCUT2D eigenvalue weighted by atomic mass is 10.2. The monoisotopic (exact) mass is 312 g/mol. The number of carbonyl (C=O) groups is 3. The van der Waals surface area contributed by atoms with E-state index in [9.17, 15) is 14.4 Å². The smallest absolute Gasteiger partial charge is 0.286 e. The number of H-pyrrole nitrogens is 1. The maximum atomic E-state index is 11.6. The Kier molecular flexibility index (Phi) is 5.30. The molecule has 0 bridgehead atoms. The van der Waals surface area contributed by atoms with E-state index in [-0.39, 0.29) is 5.91 Å². The number of nitrogens with one attached hydrogen (secondary N) is 4.